The van der Waals surface area contributed by atoms with Crippen molar-refractivity contribution in [1.82, 2.24) is 10.3 Å². The monoisotopic (exact) mass is 368 g/mol. The third-order valence-corrected chi connectivity index (χ3v) is 4.02. The van der Waals surface area contributed by atoms with Gasteiger partial charge in [-0.3, -0.25) is 9.78 Å². The number of rotatable bonds is 7. The molecule has 0 saturated heterocycles. The minimum Gasteiger partial charge on any atom is -0.493 e. The molecule has 1 amide bonds. The molecule has 0 saturated carbocycles. The van der Waals surface area contributed by atoms with Gasteiger partial charge in [0.25, 0.3) is 5.91 Å². The molecule has 2 aromatic heterocycles. The number of benzene rings is 1. The number of nitrogens with one attached hydrogen (secondary N) is 1. The maximum absolute atomic E-state index is 12.5. The summed E-state index contributed by atoms with van der Waals surface area (Å²) in [6.45, 7) is 0.341. The topological polar surface area (TPSA) is 82.8 Å². The first-order chi connectivity index (χ1) is 13.2. The molecule has 7 heteroatoms. The van der Waals surface area contributed by atoms with Crippen molar-refractivity contribution in [3.63, 3.8) is 0 Å². The number of carbonyl (C=O) groups is 1. The maximum Gasteiger partial charge on any atom is 0.251 e. The smallest absolute Gasteiger partial charge is 0.251 e. The fraction of sp³-hybridized carbons (Fsp3) is 0.200. The molecule has 7 nitrogen and oxygen atoms in total. The van der Waals surface area contributed by atoms with Crippen LogP contribution in [0.1, 0.15) is 15.9 Å². The van der Waals surface area contributed by atoms with Gasteiger partial charge in [-0.25, -0.2) is 0 Å². The van der Waals surface area contributed by atoms with Crippen LogP contribution in [0.15, 0.2) is 53.5 Å². The molecule has 0 bridgehead atoms. The quantitative estimate of drug-likeness (QED) is 0.689. The number of carbonyl (C=O) groups excluding carboxylic acids is 1. The number of amides is 1. The Balaban J connectivity index is 1.70. The van der Waals surface area contributed by atoms with E-state index in [-0.39, 0.29) is 5.91 Å². The Hall–Kier alpha value is -3.48. The highest BCUT2D eigenvalue weighted by Crippen LogP contribution is 2.38. The Morgan fingerprint density at radius 3 is 2.33 bits per heavy atom. The molecule has 0 spiro atoms. The largest absolute Gasteiger partial charge is 0.493 e. The van der Waals surface area contributed by atoms with Crippen molar-refractivity contribution >= 4 is 5.91 Å². The summed E-state index contributed by atoms with van der Waals surface area (Å²) < 4.78 is 20.9. The standard InChI is InChI=1S/C20H20N2O5/c1-24-17-8-15(9-18(25-2)19(17)26-3)20(23)22-11-13-4-5-16(21-10-13)14-6-7-27-12-14/h4-10,12H,11H2,1-3H3,(H,22,23). The van der Waals surface area contributed by atoms with Gasteiger partial charge in [0.05, 0.1) is 39.5 Å². The van der Waals surface area contributed by atoms with Gasteiger partial charge in [-0.2, -0.15) is 0 Å². The Bertz CT molecular complexity index is 880. The van der Waals surface area contributed by atoms with Crippen molar-refractivity contribution in [2.45, 2.75) is 6.54 Å². The zero-order valence-electron chi connectivity index (χ0n) is 15.3. The molecule has 0 unspecified atom stereocenters. The van der Waals surface area contributed by atoms with E-state index in [1.165, 1.54) is 21.3 Å². The lowest BCUT2D eigenvalue weighted by Gasteiger charge is -2.14. The zero-order valence-corrected chi connectivity index (χ0v) is 15.3. The van der Waals surface area contributed by atoms with Gasteiger partial charge in [0, 0.05) is 23.9 Å². The van der Waals surface area contributed by atoms with Crippen molar-refractivity contribution in [2.75, 3.05) is 21.3 Å². The SMILES string of the molecule is COc1cc(C(=O)NCc2ccc(-c3ccoc3)nc2)cc(OC)c1OC. The number of furan rings is 1. The number of nitrogens with zero attached hydrogens (tertiary/aromatic N) is 1. The maximum atomic E-state index is 12.5. The molecule has 1 aromatic carbocycles. The average Bonchev–Trinajstić information content (AvgIpc) is 3.26. The molecule has 3 aromatic rings. The van der Waals surface area contributed by atoms with Gasteiger partial charge in [-0.15, -0.1) is 0 Å². The van der Waals surface area contributed by atoms with E-state index >= 15 is 0 Å². The summed E-state index contributed by atoms with van der Waals surface area (Å²) in [7, 11) is 4.53. The fourth-order valence-electron chi connectivity index (χ4n) is 2.61. The van der Waals surface area contributed by atoms with E-state index in [4.69, 9.17) is 18.6 Å². The zero-order chi connectivity index (χ0) is 19.2. The van der Waals surface area contributed by atoms with E-state index in [9.17, 15) is 4.79 Å². The second-order valence-electron chi connectivity index (χ2n) is 5.66. The van der Waals surface area contributed by atoms with Crippen LogP contribution in [0.25, 0.3) is 11.3 Å². The fourth-order valence-corrected chi connectivity index (χ4v) is 2.61. The minimum absolute atomic E-state index is 0.256. The Labute approximate surface area is 156 Å². The molecule has 3 rings (SSSR count). The van der Waals surface area contributed by atoms with E-state index in [0.717, 1.165) is 16.8 Å². The van der Waals surface area contributed by atoms with Crippen LogP contribution in [0.4, 0.5) is 0 Å². The van der Waals surface area contributed by atoms with Crippen LogP contribution >= 0.6 is 0 Å². The molecule has 27 heavy (non-hydrogen) atoms. The number of hydrogen-bond donors (Lipinski definition) is 1. The summed E-state index contributed by atoms with van der Waals surface area (Å²) in [5.41, 5.74) is 3.00. The molecule has 140 valence electrons. The summed E-state index contributed by atoms with van der Waals surface area (Å²) in [6.07, 6.45) is 4.95. The van der Waals surface area contributed by atoms with Crippen LogP contribution in [-0.4, -0.2) is 32.2 Å². The first kappa shape index (κ1) is 18.3. The first-order valence-corrected chi connectivity index (χ1v) is 8.22. The molecule has 2 heterocycles. The molecule has 0 atom stereocenters. The predicted octanol–water partition coefficient (Wildman–Crippen LogP) is 3.30. The molecule has 0 aliphatic carbocycles. The van der Waals surface area contributed by atoms with E-state index in [1.807, 2.05) is 18.2 Å². The van der Waals surface area contributed by atoms with Gasteiger partial charge >= 0.3 is 0 Å². The lowest BCUT2D eigenvalue weighted by atomic mass is 10.1. The minimum atomic E-state index is -0.256. The summed E-state index contributed by atoms with van der Waals surface area (Å²) in [6, 6.07) is 8.85. The van der Waals surface area contributed by atoms with Crippen LogP contribution in [0, 0.1) is 0 Å². The predicted molar refractivity (Wildman–Crippen MR) is 99.2 cm³/mol. The van der Waals surface area contributed by atoms with Gasteiger partial charge in [0.2, 0.25) is 5.75 Å². The molecule has 0 fully saturated rings. The van der Waals surface area contributed by atoms with Gasteiger partial charge in [-0.05, 0) is 29.8 Å². The van der Waals surface area contributed by atoms with Crippen LogP contribution in [-0.2, 0) is 6.54 Å². The molecule has 1 N–H and O–H groups in total. The highest BCUT2D eigenvalue weighted by Gasteiger charge is 2.16. The van der Waals surface area contributed by atoms with Crippen molar-refractivity contribution < 1.29 is 23.4 Å². The third-order valence-electron chi connectivity index (χ3n) is 4.02. The normalized spacial score (nSPS) is 10.3. The van der Waals surface area contributed by atoms with E-state index in [1.54, 1.807) is 30.9 Å². The Kier molecular flexibility index (Phi) is 5.61. The average molecular weight is 368 g/mol. The van der Waals surface area contributed by atoms with E-state index in [2.05, 4.69) is 10.3 Å². The van der Waals surface area contributed by atoms with Crippen LogP contribution in [0.3, 0.4) is 0 Å². The molecular weight excluding hydrogens is 348 g/mol. The summed E-state index contributed by atoms with van der Waals surface area (Å²) in [5, 5.41) is 2.86. The van der Waals surface area contributed by atoms with Gasteiger partial charge < -0.3 is 23.9 Å². The number of aromatic nitrogens is 1. The van der Waals surface area contributed by atoms with E-state index in [0.29, 0.717) is 29.4 Å². The van der Waals surface area contributed by atoms with Gasteiger partial charge in [-0.1, -0.05) is 6.07 Å². The van der Waals surface area contributed by atoms with Crippen LogP contribution in [0.2, 0.25) is 0 Å². The number of pyridine rings is 1. The Morgan fingerprint density at radius 1 is 1.07 bits per heavy atom. The van der Waals surface area contributed by atoms with Gasteiger partial charge in [0.1, 0.15) is 0 Å². The lowest BCUT2D eigenvalue weighted by molar-refractivity contribution is 0.0950. The van der Waals surface area contributed by atoms with Crippen molar-refractivity contribution in [1.29, 1.82) is 0 Å². The summed E-state index contributed by atoms with van der Waals surface area (Å²) in [4.78, 5) is 16.9. The van der Waals surface area contributed by atoms with Crippen molar-refractivity contribution in [2.24, 2.45) is 0 Å². The summed E-state index contributed by atoms with van der Waals surface area (Å²) >= 11 is 0. The highest BCUT2D eigenvalue weighted by atomic mass is 16.5. The molecular formula is C20H20N2O5. The summed E-state index contributed by atoms with van der Waals surface area (Å²) in [5.74, 6) is 1.03. The second kappa shape index (κ2) is 8.27. The molecule has 0 radical (unpaired) electrons. The lowest BCUT2D eigenvalue weighted by Crippen LogP contribution is -2.23. The van der Waals surface area contributed by atoms with E-state index < -0.39 is 0 Å². The molecule has 0 aliphatic heterocycles. The van der Waals surface area contributed by atoms with Crippen LogP contribution < -0.4 is 19.5 Å². The number of hydrogen-bond acceptors (Lipinski definition) is 6. The number of ether oxygens (including phenoxy) is 3. The van der Waals surface area contributed by atoms with Crippen LogP contribution in [0.5, 0.6) is 17.2 Å². The van der Waals surface area contributed by atoms with Gasteiger partial charge in [0.15, 0.2) is 11.5 Å². The highest BCUT2D eigenvalue weighted by molar-refractivity contribution is 5.95. The second-order valence-corrected chi connectivity index (χ2v) is 5.66. The Morgan fingerprint density at radius 2 is 1.81 bits per heavy atom. The molecule has 0 aliphatic rings. The van der Waals surface area contributed by atoms with Crippen molar-refractivity contribution in [3.05, 3.63) is 60.2 Å². The van der Waals surface area contributed by atoms with Crippen molar-refractivity contribution in [3.8, 4) is 28.5 Å². The number of methoxy groups -OCH3 is 3. The first-order valence-electron chi connectivity index (χ1n) is 8.22. The third kappa shape index (κ3) is 4.03.